The van der Waals surface area contributed by atoms with E-state index in [0.717, 1.165) is 25.7 Å². The van der Waals surface area contributed by atoms with E-state index in [4.69, 9.17) is 15.2 Å². The molecule has 0 saturated heterocycles. The van der Waals surface area contributed by atoms with Crippen LogP contribution in [0.1, 0.15) is 38.2 Å². The van der Waals surface area contributed by atoms with Gasteiger partial charge in [-0.2, -0.15) is 4.98 Å². The topological polar surface area (TPSA) is 99.4 Å². The minimum Gasteiger partial charge on any atom is -0.488 e. The Kier molecular flexibility index (Phi) is 8.35. The van der Waals surface area contributed by atoms with Gasteiger partial charge in [0.1, 0.15) is 6.04 Å². The number of hydrogen-bond acceptors (Lipinski definition) is 7. The lowest BCUT2D eigenvalue weighted by molar-refractivity contribution is -0.141. The number of nitrogens with two attached hydrogens (primary N) is 1. The number of benzene rings is 1. The number of nitrogen functional groups attached to an aromatic ring is 1. The van der Waals surface area contributed by atoms with E-state index in [1.54, 1.807) is 0 Å². The number of ether oxygens (including phenoxy) is 2. The Balaban J connectivity index is 1.98. The van der Waals surface area contributed by atoms with Crippen molar-refractivity contribution in [3.8, 4) is 5.75 Å². The Bertz CT molecular complexity index is 710. The predicted molar refractivity (Wildman–Crippen MR) is 106 cm³/mol. The van der Waals surface area contributed by atoms with Crippen molar-refractivity contribution < 1.29 is 14.3 Å². The van der Waals surface area contributed by atoms with Gasteiger partial charge in [-0.3, -0.25) is 0 Å². The Hall–Kier alpha value is -2.83. The molecule has 0 spiro atoms. The van der Waals surface area contributed by atoms with E-state index >= 15 is 0 Å². The first-order valence-electron chi connectivity index (χ1n) is 9.27. The first-order chi connectivity index (χ1) is 13.1. The lowest BCUT2D eigenvalue weighted by Gasteiger charge is -2.19. The fourth-order valence-electron chi connectivity index (χ4n) is 2.66. The quantitative estimate of drug-likeness (QED) is 0.461. The van der Waals surface area contributed by atoms with Gasteiger partial charge in [-0.05, 0) is 24.8 Å². The molecule has 0 aliphatic heterocycles. The Morgan fingerprint density at radius 1 is 1.26 bits per heavy atom. The van der Waals surface area contributed by atoms with Crippen LogP contribution < -0.4 is 15.8 Å². The van der Waals surface area contributed by atoms with Crippen LogP contribution in [0, 0.1) is 0 Å². The molecule has 1 aromatic heterocycles. The van der Waals surface area contributed by atoms with Crippen molar-refractivity contribution in [2.24, 2.45) is 0 Å². The average Bonchev–Trinajstić information content (AvgIpc) is 2.69. The van der Waals surface area contributed by atoms with Gasteiger partial charge in [-0.1, -0.05) is 50.1 Å². The van der Waals surface area contributed by atoms with Crippen molar-refractivity contribution in [3.05, 3.63) is 42.1 Å². The van der Waals surface area contributed by atoms with Crippen LogP contribution in [-0.4, -0.2) is 35.7 Å². The van der Waals surface area contributed by atoms with Gasteiger partial charge in [-0.15, -0.1) is 0 Å². The zero-order chi connectivity index (χ0) is 19.5. The molecule has 7 nitrogen and oxygen atoms in total. The van der Waals surface area contributed by atoms with Crippen molar-refractivity contribution >= 4 is 17.7 Å². The highest BCUT2D eigenvalue weighted by Crippen LogP contribution is 2.24. The van der Waals surface area contributed by atoms with E-state index in [-0.39, 0.29) is 11.9 Å². The molecule has 7 heteroatoms. The van der Waals surface area contributed by atoms with E-state index in [1.807, 2.05) is 18.2 Å². The lowest BCUT2D eigenvalue weighted by Crippen LogP contribution is -2.31. The number of nitrogens with one attached hydrogen (secondary N) is 1. The summed E-state index contributed by atoms with van der Waals surface area (Å²) < 4.78 is 10.7. The van der Waals surface area contributed by atoms with Crippen molar-refractivity contribution in [2.45, 2.75) is 45.1 Å². The summed E-state index contributed by atoms with van der Waals surface area (Å²) in [4.78, 5) is 20.2. The van der Waals surface area contributed by atoms with Gasteiger partial charge in [0, 0.05) is 0 Å². The van der Waals surface area contributed by atoms with Crippen LogP contribution in [0.15, 0.2) is 36.5 Å². The average molecular weight is 372 g/mol. The van der Waals surface area contributed by atoms with E-state index in [9.17, 15) is 4.79 Å². The number of nitrogens with zero attached hydrogens (tertiary/aromatic N) is 2. The van der Waals surface area contributed by atoms with Crippen LogP contribution in [-0.2, 0) is 16.0 Å². The number of rotatable bonds is 11. The molecule has 0 aliphatic carbocycles. The molecule has 1 aromatic carbocycles. The van der Waals surface area contributed by atoms with Gasteiger partial charge in [0.25, 0.3) is 0 Å². The van der Waals surface area contributed by atoms with E-state index < -0.39 is 6.04 Å². The molecule has 0 amide bonds. The summed E-state index contributed by atoms with van der Waals surface area (Å²) in [5.41, 5.74) is 6.97. The molecule has 146 valence electrons. The highest BCUT2D eigenvalue weighted by Gasteiger charge is 2.21. The summed E-state index contributed by atoms with van der Waals surface area (Å²) >= 11 is 0. The fraction of sp³-hybridized carbons (Fsp3) is 0.450. The third-order valence-electron chi connectivity index (χ3n) is 4.13. The van der Waals surface area contributed by atoms with Crippen LogP contribution in [0.2, 0.25) is 0 Å². The third-order valence-corrected chi connectivity index (χ3v) is 4.13. The molecule has 2 aromatic rings. The molecule has 2 rings (SSSR count). The standard InChI is InChI=1S/C20H28N4O3/c1-3-4-12-16(19(25)26-2)23-18-17(14-22-20(21)24-18)27-13-8-11-15-9-6-5-7-10-15/h5-7,9-10,14,16H,3-4,8,11-13H2,1-2H3,(H3,21,22,23,24). The van der Waals surface area contributed by atoms with Gasteiger partial charge in [0.15, 0.2) is 11.6 Å². The number of carbonyl (C=O) groups excluding carboxylic acids is 1. The largest absolute Gasteiger partial charge is 0.488 e. The van der Waals surface area contributed by atoms with Gasteiger partial charge in [-0.25, -0.2) is 9.78 Å². The molecule has 3 N–H and O–H groups in total. The lowest BCUT2D eigenvalue weighted by atomic mass is 10.1. The van der Waals surface area contributed by atoms with Crippen molar-refractivity contribution in [1.82, 2.24) is 9.97 Å². The number of anilines is 2. The second-order valence-corrected chi connectivity index (χ2v) is 6.24. The maximum atomic E-state index is 12.0. The molecule has 0 fully saturated rings. The number of unbranched alkanes of at least 4 members (excludes halogenated alkanes) is 1. The second kappa shape index (κ2) is 11.0. The first kappa shape index (κ1) is 20.5. The minimum absolute atomic E-state index is 0.119. The highest BCUT2D eigenvalue weighted by molar-refractivity contribution is 5.79. The number of aromatic nitrogens is 2. The van der Waals surface area contributed by atoms with E-state index in [1.165, 1.54) is 18.9 Å². The fourth-order valence-corrected chi connectivity index (χ4v) is 2.66. The Morgan fingerprint density at radius 2 is 2.04 bits per heavy atom. The highest BCUT2D eigenvalue weighted by atomic mass is 16.5. The number of methoxy groups -OCH3 is 1. The molecule has 0 radical (unpaired) electrons. The summed E-state index contributed by atoms with van der Waals surface area (Å²) in [6.45, 7) is 2.58. The van der Waals surface area contributed by atoms with Gasteiger partial charge in [0.05, 0.1) is 19.9 Å². The number of aryl methyl sites for hydroxylation is 1. The SMILES string of the molecule is CCCCC(Nc1nc(N)ncc1OCCCc1ccccc1)C(=O)OC. The zero-order valence-corrected chi connectivity index (χ0v) is 16.0. The summed E-state index contributed by atoms with van der Waals surface area (Å²) in [6.07, 6.45) is 5.80. The zero-order valence-electron chi connectivity index (χ0n) is 16.0. The summed E-state index contributed by atoms with van der Waals surface area (Å²) in [5.74, 6) is 0.667. The van der Waals surface area contributed by atoms with Crippen molar-refractivity contribution in [3.63, 3.8) is 0 Å². The molecular formula is C20H28N4O3. The van der Waals surface area contributed by atoms with Gasteiger partial charge >= 0.3 is 5.97 Å². The van der Waals surface area contributed by atoms with Gasteiger partial charge in [0.2, 0.25) is 5.95 Å². The van der Waals surface area contributed by atoms with Crippen LogP contribution in [0.25, 0.3) is 0 Å². The molecule has 1 heterocycles. The van der Waals surface area contributed by atoms with Crippen LogP contribution in [0.3, 0.4) is 0 Å². The molecule has 0 saturated carbocycles. The molecule has 0 bridgehead atoms. The molecular weight excluding hydrogens is 344 g/mol. The Labute approximate surface area is 160 Å². The van der Waals surface area contributed by atoms with E-state index in [0.29, 0.717) is 24.6 Å². The number of carbonyl (C=O) groups is 1. The second-order valence-electron chi connectivity index (χ2n) is 6.24. The Morgan fingerprint density at radius 3 is 2.74 bits per heavy atom. The van der Waals surface area contributed by atoms with Crippen LogP contribution >= 0.6 is 0 Å². The maximum absolute atomic E-state index is 12.0. The van der Waals surface area contributed by atoms with E-state index in [2.05, 4.69) is 34.3 Å². The molecule has 0 aliphatic rings. The number of hydrogen-bond donors (Lipinski definition) is 2. The predicted octanol–water partition coefficient (Wildman–Crippen LogP) is 3.21. The maximum Gasteiger partial charge on any atom is 0.328 e. The van der Waals surface area contributed by atoms with Crippen molar-refractivity contribution in [1.29, 1.82) is 0 Å². The molecule has 1 atom stereocenters. The van der Waals surface area contributed by atoms with Gasteiger partial charge < -0.3 is 20.5 Å². The summed E-state index contributed by atoms with van der Waals surface area (Å²) in [6, 6.07) is 9.72. The molecule has 1 unspecified atom stereocenters. The normalized spacial score (nSPS) is 11.6. The van der Waals surface area contributed by atoms with Crippen molar-refractivity contribution in [2.75, 3.05) is 24.8 Å². The third kappa shape index (κ3) is 6.77. The van der Waals surface area contributed by atoms with Crippen LogP contribution in [0.5, 0.6) is 5.75 Å². The number of esters is 1. The smallest absolute Gasteiger partial charge is 0.328 e. The minimum atomic E-state index is -0.504. The summed E-state index contributed by atoms with van der Waals surface area (Å²) in [7, 11) is 1.37. The molecule has 27 heavy (non-hydrogen) atoms. The monoisotopic (exact) mass is 372 g/mol. The summed E-state index contributed by atoms with van der Waals surface area (Å²) in [5, 5.41) is 3.10. The van der Waals surface area contributed by atoms with Crippen LogP contribution in [0.4, 0.5) is 11.8 Å². The first-order valence-corrected chi connectivity index (χ1v) is 9.27.